The zero-order chi connectivity index (χ0) is 24.5. The second-order valence-corrected chi connectivity index (χ2v) is 8.63. The van der Waals surface area contributed by atoms with E-state index < -0.39 is 6.04 Å². The summed E-state index contributed by atoms with van der Waals surface area (Å²) in [6, 6.07) is 10.3. The third-order valence-corrected chi connectivity index (χ3v) is 6.43. The van der Waals surface area contributed by atoms with E-state index in [0.29, 0.717) is 23.0 Å². The summed E-state index contributed by atoms with van der Waals surface area (Å²) in [7, 11) is 2.95. The van der Waals surface area contributed by atoms with E-state index in [1.165, 1.54) is 14.2 Å². The highest BCUT2D eigenvalue weighted by molar-refractivity contribution is 6.30. The molecule has 0 saturated heterocycles. The minimum atomic E-state index is -0.465. The van der Waals surface area contributed by atoms with Crippen molar-refractivity contribution in [1.29, 1.82) is 0 Å². The van der Waals surface area contributed by atoms with Gasteiger partial charge in [-0.2, -0.15) is 5.10 Å². The van der Waals surface area contributed by atoms with E-state index in [4.69, 9.17) is 21.1 Å². The van der Waals surface area contributed by atoms with Gasteiger partial charge in [0.25, 0.3) is 5.91 Å². The number of nitrogens with one attached hydrogen (secondary N) is 1. The van der Waals surface area contributed by atoms with E-state index in [0.717, 1.165) is 29.7 Å². The highest BCUT2D eigenvalue weighted by Crippen LogP contribution is 2.47. The zero-order valence-electron chi connectivity index (χ0n) is 19.2. The van der Waals surface area contributed by atoms with Gasteiger partial charge in [0.1, 0.15) is 5.69 Å². The lowest BCUT2D eigenvalue weighted by Gasteiger charge is -2.27. The predicted molar refractivity (Wildman–Crippen MR) is 130 cm³/mol. The van der Waals surface area contributed by atoms with Crippen LogP contribution in [0.5, 0.6) is 17.2 Å². The number of carbonyl (C=O) groups excluding carboxylic acids is 1. The Morgan fingerprint density at radius 2 is 1.83 bits per heavy atom. The first-order valence-electron chi connectivity index (χ1n) is 11.1. The van der Waals surface area contributed by atoms with Crippen molar-refractivity contribution in [2.75, 3.05) is 20.8 Å². The number of H-pyrrole nitrogens is 1. The summed E-state index contributed by atoms with van der Waals surface area (Å²) in [6.45, 7) is 1.21. The number of imidazole rings is 1. The molecular weight excluding hydrogens is 470 g/mol. The summed E-state index contributed by atoms with van der Waals surface area (Å²) in [6.07, 6.45) is 6.10. The molecule has 3 heterocycles. The molecule has 0 bridgehead atoms. The number of fused-ring (bicyclic) bond motifs is 1. The topological polar surface area (TPSA) is 106 Å². The normalized spacial score (nSPS) is 14.9. The molecule has 1 aliphatic heterocycles. The molecular formula is C25H24ClN5O4. The number of hydrogen-bond donors (Lipinski definition) is 2. The first-order valence-corrected chi connectivity index (χ1v) is 11.5. The molecule has 0 fully saturated rings. The number of aromatic hydroxyl groups is 1. The van der Waals surface area contributed by atoms with Crippen LogP contribution in [-0.2, 0) is 6.54 Å². The fourth-order valence-electron chi connectivity index (χ4n) is 4.52. The number of carbonyl (C=O) groups is 1. The quantitative estimate of drug-likeness (QED) is 0.379. The lowest BCUT2D eigenvalue weighted by atomic mass is 9.95. The number of ether oxygens (including phenoxy) is 2. The fraction of sp³-hybridized carbons (Fsp3) is 0.240. The van der Waals surface area contributed by atoms with Crippen molar-refractivity contribution in [3.63, 3.8) is 0 Å². The highest BCUT2D eigenvalue weighted by atomic mass is 35.5. The average Bonchev–Trinajstić information content (AvgIpc) is 3.59. The van der Waals surface area contributed by atoms with Crippen molar-refractivity contribution < 1.29 is 19.4 Å². The maximum atomic E-state index is 13.6. The number of benzene rings is 2. The molecule has 1 amide bonds. The molecule has 2 N–H and O–H groups in total. The molecule has 2 aromatic carbocycles. The molecule has 4 aromatic rings. The average molecular weight is 494 g/mol. The molecule has 2 aromatic heterocycles. The molecule has 1 atom stereocenters. The van der Waals surface area contributed by atoms with E-state index in [-0.39, 0.29) is 23.2 Å². The Morgan fingerprint density at radius 3 is 2.46 bits per heavy atom. The minimum Gasteiger partial charge on any atom is -0.502 e. The Bertz CT molecular complexity index is 1330. The van der Waals surface area contributed by atoms with Crippen molar-refractivity contribution >= 4 is 17.5 Å². The van der Waals surface area contributed by atoms with Crippen molar-refractivity contribution in [1.82, 2.24) is 24.6 Å². The maximum absolute atomic E-state index is 13.6. The Labute approximate surface area is 206 Å². The van der Waals surface area contributed by atoms with E-state index in [1.807, 2.05) is 27.8 Å². The standard InChI is InChI=1S/C25H24ClN5O4/c1-34-18-12-16(13-19(35-2)24(18)32)23-20-21(15-4-6-17(26)7-5-15)28-29-22(20)25(33)31(23)10-3-9-30-11-8-27-14-30/h4-8,11-14,23,32H,3,9-10H2,1-2H3,(H,28,29). The molecule has 1 unspecified atom stereocenters. The molecule has 0 spiro atoms. The molecule has 9 nitrogen and oxygen atoms in total. The number of nitrogens with zero attached hydrogens (tertiary/aromatic N) is 4. The number of hydrogen-bond acceptors (Lipinski definition) is 6. The number of halogens is 1. The lowest BCUT2D eigenvalue weighted by molar-refractivity contribution is 0.0739. The number of rotatable bonds is 8. The van der Waals surface area contributed by atoms with Gasteiger partial charge in [-0.05, 0) is 36.2 Å². The largest absolute Gasteiger partial charge is 0.502 e. The zero-order valence-corrected chi connectivity index (χ0v) is 20.0. The Balaban J connectivity index is 1.60. The lowest BCUT2D eigenvalue weighted by Crippen LogP contribution is -2.31. The summed E-state index contributed by atoms with van der Waals surface area (Å²) >= 11 is 6.09. The predicted octanol–water partition coefficient (Wildman–Crippen LogP) is 4.28. The second kappa shape index (κ2) is 9.34. The number of phenols is 1. The summed E-state index contributed by atoms with van der Waals surface area (Å²) in [5.74, 6) is 0.278. The van der Waals surface area contributed by atoms with Crippen LogP contribution < -0.4 is 9.47 Å². The van der Waals surface area contributed by atoms with Gasteiger partial charge in [0.15, 0.2) is 11.5 Å². The second-order valence-electron chi connectivity index (χ2n) is 8.20. The van der Waals surface area contributed by atoms with Crippen LogP contribution in [0.3, 0.4) is 0 Å². The van der Waals surface area contributed by atoms with E-state index in [1.54, 1.807) is 36.8 Å². The smallest absolute Gasteiger partial charge is 0.273 e. The van der Waals surface area contributed by atoms with Gasteiger partial charge < -0.3 is 24.0 Å². The summed E-state index contributed by atoms with van der Waals surface area (Å²) in [5, 5.41) is 18.5. The van der Waals surface area contributed by atoms with Crippen molar-refractivity contribution in [2.24, 2.45) is 0 Å². The summed E-state index contributed by atoms with van der Waals surface area (Å²) < 4.78 is 12.8. The third-order valence-electron chi connectivity index (χ3n) is 6.17. The van der Waals surface area contributed by atoms with Crippen LogP contribution in [-0.4, -0.2) is 56.4 Å². The van der Waals surface area contributed by atoms with Gasteiger partial charge in [0.2, 0.25) is 5.75 Å². The van der Waals surface area contributed by atoms with Crippen LogP contribution in [0.25, 0.3) is 11.3 Å². The molecule has 0 aliphatic carbocycles. The Kier molecular flexibility index (Phi) is 6.08. The van der Waals surface area contributed by atoms with Crippen molar-refractivity contribution in [3.05, 3.63) is 77.0 Å². The number of methoxy groups -OCH3 is 2. The maximum Gasteiger partial charge on any atom is 0.273 e. The van der Waals surface area contributed by atoms with Gasteiger partial charge in [-0.3, -0.25) is 9.89 Å². The van der Waals surface area contributed by atoms with Crippen LogP contribution in [0.4, 0.5) is 0 Å². The highest BCUT2D eigenvalue weighted by Gasteiger charge is 2.42. The van der Waals surface area contributed by atoms with Crippen LogP contribution in [0, 0.1) is 0 Å². The van der Waals surface area contributed by atoms with Gasteiger partial charge in [0, 0.05) is 41.6 Å². The first-order chi connectivity index (χ1) is 17.0. The monoisotopic (exact) mass is 493 g/mol. The molecule has 35 heavy (non-hydrogen) atoms. The molecule has 180 valence electrons. The summed E-state index contributed by atoms with van der Waals surface area (Å²) in [4.78, 5) is 19.4. The number of aromatic nitrogens is 4. The number of aromatic amines is 1. The molecule has 0 saturated carbocycles. The van der Waals surface area contributed by atoms with Crippen LogP contribution >= 0.6 is 11.6 Å². The van der Waals surface area contributed by atoms with Gasteiger partial charge in [-0.1, -0.05) is 23.7 Å². The fourth-order valence-corrected chi connectivity index (χ4v) is 4.64. The summed E-state index contributed by atoms with van der Waals surface area (Å²) in [5.41, 5.74) is 3.44. The van der Waals surface area contributed by atoms with Gasteiger partial charge in [-0.25, -0.2) is 4.98 Å². The van der Waals surface area contributed by atoms with Crippen LogP contribution in [0.1, 0.15) is 34.1 Å². The van der Waals surface area contributed by atoms with E-state index in [2.05, 4.69) is 15.2 Å². The number of amides is 1. The Hall–Kier alpha value is -3.98. The van der Waals surface area contributed by atoms with Gasteiger partial charge >= 0.3 is 0 Å². The third kappa shape index (κ3) is 4.08. The molecule has 0 radical (unpaired) electrons. The van der Waals surface area contributed by atoms with E-state index >= 15 is 0 Å². The SMILES string of the molecule is COc1cc(C2c3c(-c4ccc(Cl)cc4)n[nH]c3C(=O)N2CCCn2ccnc2)cc(OC)c1O. The number of aryl methyl sites for hydroxylation is 1. The van der Waals surface area contributed by atoms with Gasteiger partial charge in [-0.15, -0.1) is 0 Å². The molecule has 1 aliphatic rings. The Morgan fingerprint density at radius 1 is 1.11 bits per heavy atom. The van der Waals surface area contributed by atoms with Crippen molar-refractivity contribution in [3.8, 4) is 28.5 Å². The van der Waals surface area contributed by atoms with Crippen molar-refractivity contribution in [2.45, 2.75) is 19.0 Å². The molecule has 10 heteroatoms. The van der Waals surface area contributed by atoms with Gasteiger partial charge in [0.05, 0.1) is 32.3 Å². The van der Waals surface area contributed by atoms with Crippen LogP contribution in [0.15, 0.2) is 55.1 Å². The number of phenolic OH excluding ortho intramolecular Hbond substituents is 1. The van der Waals surface area contributed by atoms with Crippen LogP contribution in [0.2, 0.25) is 5.02 Å². The first kappa shape index (κ1) is 22.8. The van der Waals surface area contributed by atoms with E-state index in [9.17, 15) is 9.90 Å². The minimum absolute atomic E-state index is 0.0972. The molecule has 5 rings (SSSR count).